The number of halogens is 3. The van der Waals surface area contributed by atoms with Crippen LogP contribution in [0.25, 0.3) is 5.69 Å². The molecule has 1 aliphatic carbocycles. The highest BCUT2D eigenvalue weighted by Gasteiger charge is 2.37. The summed E-state index contributed by atoms with van der Waals surface area (Å²) in [5, 5.41) is 22.8. The van der Waals surface area contributed by atoms with Crippen molar-refractivity contribution in [3.05, 3.63) is 35.2 Å². The second kappa shape index (κ2) is 11.3. The number of carbonyl (C=O) groups is 1. The van der Waals surface area contributed by atoms with E-state index in [-0.39, 0.29) is 67.2 Å². The van der Waals surface area contributed by atoms with E-state index in [2.05, 4.69) is 15.3 Å². The van der Waals surface area contributed by atoms with Crippen LogP contribution in [0.3, 0.4) is 0 Å². The number of aromatic nitrogens is 3. The summed E-state index contributed by atoms with van der Waals surface area (Å²) >= 11 is 0. The Morgan fingerprint density at radius 2 is 2.03 bits per heavy atom. The second-order valence-corrected chi connectivity index (χ2v) is 11.8. The van der Waals surface area contributed by atoms with E-state index in [0.717, 1.165) is 6.26 Å². The number of nitriles is 1. The maximum atomic E-state index is 13.0. The number of aryl methyl sites for hydroxylation is 2. The minimum atomic E-state index is -4.34. The summed E-state index contributed by atoms with van der Waals surface area (Å²) in [6, 6.07) is 3.31. The zero-order valence-electron chi connectivity index (χ0n) is 21.3. The number of hydrogen-bond donors (Lipinski definition) is 2. The topological polar surface area (TPSA) is 147 Å². The average Bonchev–Trinajstić information content (AvgIpc) is 3.23. The van der Waals surface area contributed by atoms with Crippen molar-refractivity contribution in [1.82, 2.24) is 19.9 Å². The first-order chi connectivity index (χ1) is 17.7. The number of amides is 1. The maximum Gasteiger partial charge on any atom is 0.389 e. The lowest BCUT2D eigenvalue weighted by atomic mass is 9.84. The van der Waals surface area contributed by atoms with Gasteiger partial charge in [0.15, 0.2) is 11.4 Å². The minimum Gasteiger partial charge on any atom is -0.494 e. The van der Waals surface area contributed by atoms with Crippen LogP contribution < -0.4 is 10.1 Å². The van der Waals surface area contributed by atoms with Gasteiger partial charge in [-0.05, 0) is 32.1 Å². The predicted octanol–water partition coefficient (Wildman–Crippen LogP) is 2.65. The number of hydrogen-bond acceptors (Lipinski definition) is 8. The normalized spacial score (nSPS) is 20.1. The zero-order chi connectivity index (χ0) is 28.3. The van der Waals surface area contributed by atoms with Gasteiger partial charge in [0.2, 0.25) is 0 Å². The molecule has 3 rings (SSSR count). The number of pyridine rings is 1. The monoisotopic (exact) mass is 557 g/mol. The molecule has 38 heavy (non-hydrogen) atoms. The van der Waals surface area contributed by atoms with E-state index in [1.807, 2.05) is 6.07 Å². The van der Waals surface area contributed by atoms with Crippen molar-refractivity contribution >= 4 is 15.7 Å². The molecule has 0 unspecified atom stereocenters. The molecular weight excluding hydrogens is 527 g/mol. The fourth-order valence-electron chi connectivity index (χ4n) is 4.50. The molecule has 1 amide bonds. The molecular formula is C24H30F3N5O5S. The van der Waals surface area contributed by atoms with Crippen LogP contribution in [-0.4, -0.2) is 70.9 Å². The summed E-state index contributed by atoms with van der Waals surface area (Å²) in [7, 11) is -1.89. The van der Waals surface area contributed by atoms with Crippen molar-refractivity contribution in [2.24, 2.45) is 0 Å². The molecule has 0 bridgehead atoms. The fraction of sp³-hybridized carbons (Fsp3) is 0.583. The van der Waals surface area contributed by atoms with Crippen LogP contribution in [0.4, 0.5) is 13.2 Å². The number of nitrogens with one attached hydrogen (secondary N) is 1. The third-order valence-corrected chi connectivity index (χ3v) is 8.34. The third kappa shape index (κ3) is 6.82. The number of rotatable bonds is 9. The maximum absolute atomic E-state index is 13.0. The number of ether oxygens (including phenoxy) is 1. The van der Waals surface area contributed by atoms with Gasteiger partial charge in [0.05, 0.1) is 24.2 Å². The van der Waals surface area contributed by atoms with E-state index in [1.165, 1.54) is 23.9 Å². The molecule has 0 spiro atoms. The van der Waals surface area contributed by atoms with Crippen LogP contribution >= 0.6 is 0 Å². The molecule has 208 valence electrons. The molecule has 0 aromatic carbocycles. The number of nitrogens with zero attached hydrogens (tertiary/aromatic N) is 4. The first-order valence-corrected chi connectivity index (χ1v) is 14.0. The van der Waals surface area contributed by atoms with Crippen molar-refractivity contribution < 1.29 is 36.2 Å². The zero-order valence-corrected chi connectivity index (χ0v) is 22.1. The Morgan fingerprint density at radius 1 is 1.37 bits per heavy atom. The molecule has 2 aromatic heterocycles. The molecule has 0 aliphatic heterocycles. The molecule has 1 saturated carbocycles. The molecule has 2 N–H and O–H groups in total. The van der Waals surface area contributed by atoms with Gasteiger partial charge in [0.1, 0.15) is 33.2 Å². The highest BCUT2D eigenvalue weighted by atomic mass is 32.2. The highest BCUT2D eigenvalue weighted by Crippen LogP contribution is 2.32. The van der Waals surface area contributed by atoms with Crippen LogP contribution in [0.1, 0.15) is 66.7 Å². The van der Waals surface area contributed by atoms with Gasteiger partial charge in [-0.2, -0.15) is 18.4 Å². The number of aliphatic hydroxyl groups is 1. The van der Waals surface area contributed by atoms with Crippen molar-refractivity contribution in [3.63, 3.8) is 0 Å². The molecule has 1 fully saturated rings. The largest absolute Gasteiger partial charge is 0.494 e. The Kier molecular flexibility index (Phi) is 8.72. The lowest BCUT2D eigenvalue weighted by Crippen LogP contribution is -2.47. The van der Waals surface area contributed by atoms with Crippen molar-refractivity contribution in [3.8, 4) is 17.5 Å². The van der Waals surface area contributed by atoms with Crippen molar-refractivity contribution in [2.75, 3.05) is 19.9 Å². The number of carbonyl (C=O) groups excluding carboxylic acids is 1. The van der Waals surface area contributed by atoms with Gasteiger partial charge in [-0.1, -0.05) is 6.92 Å². The van der Waals surface area contributed by atoms with E-state index < -0.39 is 39.2 Å². The van der Waals surface area contributed by atoms with Gasteiger partial charge in [-0.3, -0.25) is 14.3 Å². The molecule has 14 heteroatoms. The van der Waals surface area contributed by atoms with E-state index in [1.54, 1.807) is 6.92 Å². The van der Waals surface area contributed by atoms with E-state index in [4.69, 9.17) is 4.74 Å². The van der Waals surface area contributed by atoms with Crippen molar-refractivity contribution in [1.29, 1.82) is 5.26 Å². The standard InChI is InChI=1S/C24H30F3N5O5S/c1-4-20-31-21(22(33)30-14-23(34)8-6-16(7-9-23)38(3,35)36)17(12-28)32(20)18-13-29-15(11-19(18)37-2)5-10-24(25,26)27/h11,13,16,34H,4-10,14H2,1-3H3,(H,30,33). The first-order valence-electron chi connectivity index (χ1n) is 12.0. The minimum absolute atomic E-state index is 0.129. The fourth-order valence-corrected chi connectivity index (χ4v) is 5.59. The molecule has 10 nitrogen and oxygen atoms in total. The van der Waals surface area contributed by atoms with Gasteiger partial charge >= 0.3 is 6.18 Å². The summed E-state index contributed by atoms with van der Waals surface area (Å²) < 4.78 is 68.2. The van der Waals surface area contributed by atoms with Crippen LogP contribution in [-0.2, 0) is 22.7 Å². The Hall–Kier alpha value is -3.18. The Morgan fingerprint density at radius 3 is 2.55 bits per heavy atom. The van der Waals surface area contributed by atoms with E-state index in [9.17, 15) is 36.8 Å². The van der Waals surface area contributed by atoms with Gasteiger partial charge in [-0.25, -0.2) is 13.4 Å². The number of sulfone groups is 1. The lowest BCUT2D eigenvalue weighted by molar-refractivity contribution is -0.134. The molecule has 2 aromatic rings. The Balaban J connectivity index is 1.85. The summed E-state index contributed by atoms with van der Waals surface area (Å²) in [6.07, 6.45) is -2.08. The van der Waals surface area contributed by atoms with Crippen LogP contribution in [0.15, 0.2) is 12.3 Å². The van der Waals surface area contributed by atoms with Crippen molar-refractivity contribution in [2.45, 2.75) is 68.9 Å². The van der Waals surface area contributed by atoms with Gasteiger partial charge in [-0.15, -0.1) is 0 Å². The number of imidazole rings is 1. The van der Waals surface area contributed by atoms with Gasteiger partial charge in [0, 0.05) is 37.4 Å². The SMILES string of the molecule is CCc1nc(C(=O)NCC2(O)CCC(S(C)(=O)=O)CC2)c(C#N)n1-c1cnc(CCC(F)(F)F)cc1OC. The molecule has 2 heterocycles. The molecule has 0 saturated heterocycles. The number of methoxy groups -OCH3 is 1. The molecule has 0 atom stereocenters. The first kappa shape index (κ1) is 29.4. The van der Waals surface area contributed by atoms with Crippen LogP contribution in [0.2, 0.25) is 0 Å². The molecule has 1 aliphatic rings. The highest BCUT2D eigenvalue weighted by molar-refractivity contribution is 7.91. The Labute approximate surface area is 218 Å². The summed E-state index contributed by atoms with van der Waals surface area (Å²) in [4.78, 5) is 21.4. The quantitative estimate of drug-likeness (QED) is 0.478. The molecule has 0 radical (unpaired) electrons. The number of alkyl halides is 3. The summed E-state index contributed by atoms with van der Waals surface area (Å²) in [6.45, 7) is 1.60. The van der Waals surface area contributed by atoms with E-state index in [0.29, 0.717) is 12.2 Å². The third-order valence-electron chi connectivity index (χ3n) is 6.66. The Bertz CT molecular complexity index is 1330. The van der Waals surface area contributed by atoms with Gasteiger partial charge in [0.25, 0.3) is 5.91 Å². The summed E-state index contributed by atoms with van der Waals surface area (Å²) in [5.41, 5.74) is -1.23. The van der Waals surface area contributed by atoms with E-state index >= 15 is 0 Å². The van der Waals surface area contributed by atoms with Crippen LogP contribution in [0.5, 0.6) is 5.75 Å². The van der Waals surface area contributed by atoms with Crippen LogP contribution in [0, 0.1) is 11.3 Å². The summed E-state index contributed by atoms with van der Waals surface area (Å²) in [5.74, 6) is -0.228. The average molecular weight is 558 g/mol. The lowest BCUT2D eigenvalue weighted by Gasteiger charge is -2.35. The smallest absolute Gasteiger partial charge is 0.389 e. The second-order valence-electron chi connectivity index (χ2n) is 9.42. The predicted molar refractivity (Wildman–Crippen MR) is 131 cm³/mol. The van der Waals surface area contributed by atoms with Gasteiger partial charge < -0.3 is 15.2 Å².